The van der Waals surface area contributed by atoms with Crippen LogP contribution >= 0.6 is 15.9 Å². The van der Waals surface area contributed by atoms with Gasteiger partial charge in [-0.3, -0.25) is 4.79 Å². The molecule has 3 aromatic rings. The second-order valence-electron chi connectivity index (χ2n) is 6.05. The smallest absolute Gasteiger partial charge is 0.251 e. The monoisotopic (exact) mass is 444 g/mol. The van der Waals surface area contributed by atoms with Crippen molar-refractivity contribution in [2.24, 2.45) is 0 Å². The van der Waals surface area contributed by atoms with Crippen molar-refractivity contribution >= 4 is 21.8 Å². The number of aromatic nitrogens is 3. The Labute approximate surface area is 171 Å². The number of hydrogen-bond donors (Lipinski definition) is 1. The molecule has 1 amide bonds. The third-order valence-corrected chi connectivity index (χ3v) is 4.79. The van der Waals surface area contributed by atoms with E-state index in [0.717, 1.165) is 11.3 Å². The van der Waals surface area contributed by atoms with Crippen LogP contribution in [-0.4, -0.2) is 34.4 Å². The molecule has 3 rings (SSSR count). The van der Waals surface area contributed by atoms with E-state index in [2.05, 4.69) is 31.3 Å². The summed E-state index contributed by atoms with van der Waals surface area (Å²) in [5, 5.41) is 7.11. The number of amides is 1. The van der Waals surface area contributed by atoms with Gasteiger partial charge < -0.3 is 14.8 Å². The van der Waals surface area contributed by atoms with Crippen LogP contribution in [0.1, 0.15) is 35.8 Å². The molecule has 0 saturated heterocycles. The zero-order chi connectivity index (χ0) is 20.1. The van der Waals surface area contributed by atoms with Crippen LogP contribution in [0.2, 0.25) is 0 Å². The summed E-state index contributed by atoms with van der Waals surface area (Å²) in [5.74, 6) is 0.888. The fraction of sp³-hybridized carbons (Fsp3) is 0.250. The lowest BCUT2D eigenvalue weighted by molar-refractivity contribution is 0.0939. The Hall–Kier alpha value is -2.87. The lowest BCUT2D eigenvalue weighted by Crippen LogP contribution is -2.26. The van der Waals surface area contributed by atoms with Crippen LogP contribution in [0.25, 0.3) is 5.69 Å². The minimum absolute atomic E-state index is 0.173. The second kappa shape index (κ2) is 8.88. The molecular weight excluding hydrogens is 424 g/mol. The van der Waals surface area contributed by atoms with E-state index in [0.29, 0.717) is 28.1 Å². The molecule has 1 aromatic heterocycles. The van der Waals surface area contributed by atoms with Crippen LogP contribution in [0, 0.1) is 0 Å². The lowest BCUT2D eigenvalue weighted by Gasteiger charge is -2.17. The van der Waals surface area contributed by atoms with Gasteiger partial charge in [0.15, 0.2) is 11.5 Å². The number of ether oxygens (including phenoxy) is 2. The van der Waals surface area contributed by atoms with E-state index in [1.54, 1.807) is 30.3 Å². The number of nitrogens with one attached hydrogen (secondary N) is 1. The molecule has 0 aliphatic carbocycles. The zero-order valence-corrected chi connectivity index (χ0v) is 17.4. The Kier molecular flexibility index (Phi) is 6.30. The molecule has 0 saturated carbocycles. The van der Waals surface area contributed by atoms with E-state index in [4.69, 9.17) is 9.47 Å². The first-order chi connectivity index (χ1) is 13.5. The molecule has 1 heterocycles. The van der Waals surface area contributed by atoms with Crippen LogP contribution in [0.15, 0.2) is 53.5 Å². The molecule has 0 fully saturated rings. The molecule has 8 heteroatoms. The summed E-state index contributed by atoms with van der Waals surface area (Å²) in [4.78, 5) is 16.7. The Bertz CT molecular complexity index is 943. The molecule has 146 valence electrons. The van der Waals surface area contributed by atoms with Crippen molar-refractivity contribution < 1.29 is 14.3 Å². The third kappa shape index (κ3) is 4.33. The first-order valence-corrected chi connectivity index (χ1v) is 9.59. The van der Waals surface area contributed by atoms with Gasteiger partial charge in [0.25, 0.3) is 5.91 Å². The number of methoxy groups -OCH3 is 1. The van der Waals surface area contributed by atoms with Gasteiger partial charge >= 0.3 is 0 Å². The van der Waals surface area contributed by atoms with Gasteiger partial charge in [-0.15, -0.1) is 0 Å². The van der Waals surface area contributed by atoms with Gasteiger partial charge in [-0.2, -0.15) is 5.10 Å². The highest BCUT2D eigenvalue weighted by molar-refractivity contribution is 9.10. The fourth-order valence-corrected chi connectivity index (χ4v) is 3.31. The average molecular weight is 445 g/mol. The Morgan fingerprint density at radius 3 is 2.64 bits per heavy atom. The predicted molar refractivity (Wildman–Crippen MR) is 109 cm³/mol. The molecule has 0 spiro atoms. The number of halogens is 1. The summed E-state index contributed by atoms with van der Waals surface area (Å²) in [6.45, 7) is 4.33. The molecule has 2 aromatic carbocycles. The molecule has 28 heavy (non-hydrogen) atoms. The highest BCUT2D eigenvalue weighted by atomic mass is 79.9. The molecule has 0 radical (unpaired) electrons. The largest absolute Gasteiger partial charge is 0.493 e. The maximum Gasteiger partial charge on any atom is 0.251 e. The Balaban J connectivity index is 1.74. The van der Waals surface area contributed by atoms with Gasteiger partial charge in [-0.25, -0.2) is 9.67 Å². The third-order valence-electron chi connectivity index (χ3n) is 4.20. The fourth-order valence-electron chi connectivity index (χ4n) is 2.76. The highest BCUT2D eigenvalue weighted by Crippen LogP contribution is 2.36. The van der Waals surface area contributed by atoms with Gasteiger partial charge in [0.2, 0.25) is 0 Å². The minimum atomic E-state index is -0.199. The quantitative estimate of drug-likeness (QED) is 0.597. The Morgan fingerprint density at radius 1 is 1.29 bits per heavy atom. The number of rotatable bonds is 7. The number of carbonyl (C=O) groups is 1. The van der Waals surface area contributed by atoms with Crippen LogP contribution < -0.4 is 14.8 Å². The van der Waals surface area contributed by atoms with E-state index >= 15 is 0 Å². The van der Waals surface area contributed by atoms with Crippen molar-refractivity contribution in [3.8, 4) is 17.2 Å². The molecule has 0 aliphatic rings. The normalized spacial score (nSPS) is 11.7. The summed E-state index contributed by atoms with van der Waals surface area (Å²) in [7, 11) is 1.55. The molecular formula is C20H21BrN4O3. The van der Waals surface area contributed by atoms with Crippen molar-refractivity contribution in [2.75, 3.05) is 13.7 Å². The maximum atomic E-state index is 12.7. The van der Waals surface area contributed by atoms with Gasteiger partial charge in [0.1, 0.15) is 12.7 Å². The lowest BCUT2D eigenvalue weighted by atomic mass is 10.1. The van der Waals surface area contributed by atoms with Gasteiger partial charge in [0.05, 0.1) is 29.9 Å². The molecule has 1 unspecified atom stereocenters. The molecule has 1 N–H and O–H groups in total. The van der Waals surface area contributed by atoms with Crippen molar-refractivity contribution in [3.05, 3.63) is 64.7 Å². The van der Waals surface area contributed by atoms with E-state index in [-0.39, 0.29) is 11.9 Å². The van der Waals surface area contributed by atoms with Crippen molar-refractivity contribution in [1.29, 1.82) is 0 Å². The van der Waals surface area contributed by atoms with Crippen molar-refractivity contribution in [1.82, 2.24) is 20.1 Å². The average Bonchev–Trinajstić information content (AvgIpc) is 3.24. The zero-order valence-electron chi connectivity index (χ0n) is 15.8. The molecule has 0 aliphatic heterocycles. The number of carbonyl (C=O) groups excluding carboxylic acids is 1. The summed E-state index contributed by atoms with van der Waals surface area (Å²) in [5.41, 5.74) is 2.37. The maximum absolute atomic E-state index is 12.7. The van der Waals surface area contributed by atoms with Crippen LogP contribution in [0.4, 0.5) is 0 Å². The Morgan fingerprint density at radius 2 is 2.04 bits per heavy atom. The first-order valence-electron chi connectivity index (χ1n) is 8.79. The first kappa shape index (κ1) is 19.9. The summed E-state index contributed by atoms with van der Waals surface area (Å²) < 4.78 is 13.3. The van der Waals surface area contributed by atoms with Crippen LogP contribution in [-0.2, 0) is 0 Å². The number of nitrogens with zero attached hydrogens (tertiary/aromatic N) is 3. The van der Waals surface area contributed by atoms with Gasteiger partial charge in [0, 0.05) is 5.56 Å². The van der Waals surface area contributed by atoms with Gasteiger partial charge in [-0.05, 0) is 59.6 Å². The van der Waals surface area contributed by atoms with Gasteiger partial charge in [-0.1, -0.05) is 12.1 Å². The number of hydrogen-bond acceptors (Lipinski definition) is 5. The SMILES string of the molecule is CCOc1c(Br)cc(C(=O)NC(C)c2ccc(-n3cncn3)cc2)cc1OC. The van der Waals surface area contributed by atoms with E-state index in [1.807, 2.05) is 38.1 Å². The van der Waals surface area contributed by atoms with E-state index in [1.165, 1.54) is 6.33 Å². The predicted octanol–water partition coefficient (Wildman–Crippen LogP) is 3.93. The topological polar surface area (TPSA) is 78.3 Å². The summed E-state index contributed by atoms with van der Waals surface area (Å²) in [6, 6.07) is 11.0. The van der Waals surface area contributed by atoms with Crippen LogP contribution in [0.3, 0.4) is 0 Å². The second-order valence-corrected chi connectivity index (χ2v) is 6.90. The highest BCUT2D eigenvalue weighted by Gasteiger charge is 2.17. The van der Waals surface area contributed by atoms with Crippen LogP contribution in [0.5, 0.6) is 11.5 Å². The molecule has 7 nitrogen and oxygen atoms in total. The van der Waals surface area contributed by atoms with Crippen molar-refractivity contribution in [3.63, 3.8) is 0 Å². The summed E-state index contributed by atoms with van der Waals surface area (Å²) >= 11 is 3.45. The standard InChI is InChI=1S/C20H21BrN4O3/c1-4-28-19-17(21)9-15(10-18(19)27-3)20(26)24-13(2)14-5-7-16(8-6-14)25-12-22-11-23-25/h5-13H,4H2,1-3H3,(H,24,26). The van der Waals surface area contributed by atoms with E-state index < -0.39 is 0 Å². The summed E-state index contributed by atoms with van der Waals surface area (Å²) in [6.07, 6.45) is 3.12. The van der Waals surface area contributed by atoms with Crippen molar-refractivity contribution in [2.45, 2.75) is 19.9 Å². The molecule has 0 bridgehead atoms. The molecule has 1 atom stereocenters. The minimum Gasteiger partial charge on any atom is -0.493 e. The number of benzene rings is 2. The van der Waals surface area contributed by atoms with E-state index in [9.17, 15) is 4.79 Å².